The van der Waals surface area contributed by atoms with Crippen LogP contribution < -0.4 is 11.2 Å². The number of aryl methyl sites for hydroxylation is 1. The second-order valence-electron chi connectivity index (χ2n) is 6.44. The van der Waals surface area contributed by atoms with Crippen molar-refractivity contribution in [2.75, 3.05) is 6.61 Å². The van der Waals surface area contributed by atoms with Crippen molar-refractivity contribution in [2.24, 2.45) is 14.1 Å². The molecule has 0 unspecified atom stereocenters. The van der Waals surface area contributed by atoms with Crippen molar-refractivity contribution in [1.82, 2.24) is 9.13 Å². The van der Waals surface area contributed by atoms with Crippen LogP contribution in [0.5, 0.6) is 0 Å². The normalized spacial score (nSPS) is 21.1. The molecule has 1 aliphatic heterocycles. The fourth-order valence-electron chi connectivity index (χ4n) is 2.81. The van der Waals surface area contributed by atoms with Crippen LogP contribution in [0.15, 0.2) is 27.6 Å². The summed E-state index contributed by atoms with van der Waals surface area (Å²) in [5.74, 6) is -1.99. The molecule has 0 N–H and O–H groups in total. The van der Waals surface area contributed by atoms with Gasteiger partial charge in [0.15, 0.2) is 6.10 Å². The summed E-state index contributed by atoms with van der Waals surface area (Å²) in [5, 5.41) is 0. The van der Waals surface area contributed by atoms with E-state index in [-0.39, 0.29) is 17.9 Å². The van der Waals surface area contributed by atoms with Crippen LogP contribution in [-0.4, -0.2) is 45.9 Å². The maximum absolute atomic E-state index is 12.6. The highest BCUT2D eigenvalue weighted by Gasteiger charge is 2.38. The first-order chi connectivity index (χ1) is 13.5. The maximum atomic E-state index is 12.6. The van der Waals surface area contributed by atoms with Crippen LogP contribution in [0.1, 0.15) is 32.4 Å². The van der Waals surface area contributed by atoms with E-state index in [1.165, 1.54) is 44.8 Å². The third-order valence-electron chi connectivity index (χ3n) is 4.03. The van der Waals surface area contributed by atoms with E-state index in [1.54, 1.807) is 0 Å². The number of hydrogen-bond acceptors (Lipinski definition) is 9. The van der Waals surface area contributed by atoms with Gasteiger partial charge in [-0.1, -0.05) is 0 Å². The fraction of sp³-hybridized carbons (Fsp3) is 0.500. The number of carbonyl (C=O) groups is 3. The number of aromatic nitrogens is 2. The Morgan fingerprint density at radius 2 is 1.72 bits per heavy atom. The van der Waals surface area contributed by atoms with Gasteiger partial charge < -0.3 is 23.5 Å². The summed E-state index contributed by atoms with van der Waals surface area (Å²) >= 11 is 0. The Kier molecular flexibility index (Phi) is 6.75. The lowest BCUT2D eigenvalue weighted by Crippen LogP contribution is -2.44. The Morgan fingerprint density at radius 1 is 1.07 bits per heavy atom. The molecule has 0 aliphatic carbocycles. The van der Waals surface area contributed by atoms with Gasteiger partial charge >= 0.3 is 23.6 Å². The molecule has 0 saturated carbocycles. The Hall–Kier alpha value is -3.21. The predicted octanol–water partition coefficient (Wildman–Crippen LogP) is -0.534. The molecule has 0 spiro atoms. The summed E-state index contributed by atoms with van der Waals surface area (Å²) in [6.07, 6.45) is -0.628. The zero-order valence-corrected chi connectivity index (χ0v) is 16.7. The van der Waals surface area contributed by atoms with Gasteiger partial charge in [0, 0.05) is 47.1 Å². The average molecular weight is 410 g/mol. The molecule has 11 nitrogen and oxygen atoms in total. The summed E-state index contributed by atoms with van der Waals surface area (Å²) in [7, 11) is 2.74. The van der Waals surface area contributed by atoms with Crippen LogP contribution in [0.2, 0.25) is 0 Å². The van der Waals surface area contributed by atoms with Crippen molar-refractivity contribution in [3.8, 4) is 0 Å². The first-order valence-corrected chi connectivity index (χ1v) is 8.64. The van der Waals surface area contributed by atoms with Crippen LogP contribution >= 0.6 is 0 Å². The zero-order valence-electron chi connectivity index (χ0n) is 16.7. The number of carbonyl (C=O) groups excluding carboxylic acids is 3. The van der Waals surface area contributed by atoms with Gasteiger partial charge in [0.1, 0.15) is 24.6 Å². The van der Waals surface area contributed by atoms with Crippen LogP contribution in [0.4, 0.5) is 0 Å². The summed E-state index contributed by atoms with van der Waals surface area (Å²) in [6, 6.07) is 0. The molecular weight excluding hydrogens is 388 g/mol. The summed E-state index contributed by atoms with van der Waals surface area (Å²) in [5.41, 5.74) is -1.20. The highest BCUT2D eigenvalue weighted by molar-refractivity contribution is 5.68. The molecule has 2 heterocycles. The molecule has 1 aromatic heterocycles. The lowest BCUT2D eigenvalue weighted by molar-refractivity contribution is -0.169. The quantitative estimate of drug-likeness (QED) is 0.464. The number of rotatable bonds is 5. The average Bonchev–Trinajstić information content (AvgIpc) is 2.61. The van der Waals surface area contributed by atoms with Gasteiger partial charge in [-0.3, -0.25) is 23.7 Å². The van der Waals surface area contributed by atoms with Crippen molar-refractivity contribution >= 4 is 17.9 Å². The largest absolute Gasteiger partial charge is 0.463 e. The molecule has 2 rings (SSSR count). The van der Waals surface area contributed by atoms with E-state index in [9.17, 15) is 24.0 Å². The van der Waals surface area contributed by atoms with Crippen molar-refractivity contribution < 1.29 is 33.3 Å². The molecule has 3 atom stereocenters. The summed E-state index contributed by atoms with van der Waals surface area (Å²) in [6.45, 7) is 3.25. The highest BCUT2D eigenvalue weighted by atomic mass is 16.6. The van der Waals surface area contributed by atoms with Gasteiger partial charge in [0.2, 0.25) is 0 Å². The molecule has 158 valence electrons. The van der Waals surface area contributed by atoms with Gasteiger partial charge in [-0.25, -0.2) is 4.79 Å². The van der Waals surface area contributed by atoms with E-state index in [0.717, 1.165) is 11.5 Å². The minimum atomic E-state index is -1.20. The summed E-state index contributed by atoms with van der Waals surface area (Å²) < 4.78 is 23.2. The molecule has 0 aromatic carbocycles. The molecule has 1 aliphatic rings. The Morgan fingerprint density at radius 3 is 2.28 bits per heavy atom. The first-order valence-electron chi connectivity index (χ1n) is 8.64. The smallest absolute Gasteiger partial charge is 0.330 e. The molecule has 11 heteroatoms. The van der Waals surface area contributed by atoms with Crippen molar-refractivity contribution in [1.29, 1.82) is 0 Å². The molecule has 0 amide bonds. The topological polar surface area (TPSA) is 132 Å². The van der Waals surface area contributed by atoms with Gasteiger partial charge in [0.25, 0.3) is 5.56 Å². The molecular formula is C18H22N2O9. The minimum absolute atomic E-state index is 0.0104. The Labute approximate surface area is 165 Å². The number of ether oxygens (including phenoxy) is 4. The van der Waals surface area contributed by atoms with Crippen molar-refractivity contribution in [3.05, 3.63) is 44.4 Å². The SMILES string of the molecule is CC(=O)OC[C@H]1O[C@H](c2cn(C)c(=O)n(C)c2=O)C(OC(C)=O)=C[C@@H]1OC(C)=O. The van der Waals surface area contributed by atoms with Gasteiger partial charge in [-0.15, -0.1) is 0 Å². The van der Waals surface area contributed by atoms with E-state index < -0.39 is 47.5 Å². The predicted molar refractivity (Wildman–Crippen MR) is 96.6 cm³/mol. The lowest BCUT2D eigenvalue weighted by Gasteiger charge is -2.34. The van der Waals surface area contributed by atoms with Crippen LogP contribution in [0, 0.1) is 0 Å². The van der Waals surface area contributed by atoms with Gasteiger partial charge in [-0.05, 0) is 0 Å². The fourth-order valence-corrected chi connectivity index (χ4v) is 2.81. The van der Waals surface area contributed by atoms with Gasteiger partial charge in [0.05, 0.1) is 5.56 Å². The number of esters is 3. The van der Waals surface area contributed by atoms with E-state index in [1.807, 2.05) is 0 Å². The lowest BCUT2D eigenvalue weighted by atomic mass is 10.0. The number of hydrogen-bond donors (Lipinski definition) is 0. The molecule has 0 radical (unpaired) electrons. The third-order valence-corrected chi connectivity index (χ3v) is 4.03. The van der Waals surface area contributed by atoms with E-state index in [0.29, 0.717) is 0 Å². The molecule has 1 aromatic rings. The Bertz CT molecular complexity index is 973. The second kappa shape index (κ2) is 8.86. The molecule has 0 saturated heterocycles. The first kappa shape index (κ1) is 22.1. The molecule has 0 bridgehead atoms. The third kappa shape index (κ3) is 5.19. The van der Waals surface area contributed by atoms with E-state index in [2.05, 4.69) is 0 Å². The zero-order chi connectivity index (χ0) is 21.9. The van der Waals surface area contributed by atoms with Crippen LogP contribution in [0.25, 0.3) is 0 Å². The molecule has 0 fully saturated rings. The minimum Gasteiger partial charge on any atom is -0.463 e. The van der Waals surface area contributed by atoms with Crippen LogP contribution in [-0.2, 0) is 47.4 Å². The molecule has 29 heavy (non-hydrogen) atoms. The monoisotopic (exact) mass is 410 g/mol. The van der Waals surface area contributed by atoms with Gasteiger partial charge in [-0.2, -0.15) is 0 Å². The van der Waals surface area contributed by atoms with E-state index >= 15 is 0 Å². The maximum Gasteiger partial charge on any atom is 0.330 e. The van der Waals surface area contributed by atoms with Crippen LogP contribution in [0.3, 0.4) is 0 Å². The summed E-state index contributed by atoms with van der Waals surface area (Å²) in [4.78, 5) is 58.8. The Balaban J connectivity index is 2.57. The van der Waals surface area contributed by atoms with Crippen molar-refractivity contribution in [2.45, 2.75) is 39.1 Å². The van der Waals surface area contributed by atoms with E-state index in [4.69, 9.17) is 18.9 Å². The second-order valence-corrected chi connectivity index (χ2v) is 6.44. The standard InChI is InChI=1S/C18H22N2O9/c1-9(21)26-8-15-13(27-10(2)22)6-14(28-11(3)23)16(29-15)12-7-19(4)18(25)20(5)17(12)24/h6-7,13,15-16H,8H2,1-5H3/t13-,15+,16+/m0/s1. The number of nitrogens with zero attached hydrogens (tertiary/aromatic N) is 2. The van der Waals surface area contributed by atoms with Crippen molar-refractivity contribution in [3.63, 3.8) is 0 Å². The highest BCUT2D eigenvalue weighted by Crippen LogP contribution is 2.33.